The van der Waals surface area contributed by atoms with Crippen LogP contribution in [0, 0.1) is 0 Å². The molecule has 0 aliphatic carbocycles. The molecule has 1 unspecified atom stereocenters. The molecule has 3 aromatic rings. The molecular formula is C24H22F3NS. The fraction of sp³-hybridized carbons (Fsp3) is 0.250. The summed E-state index contributed by atoms with van der Waals surface area (Å²) in [4.78, 5) is 2.03. The highest BCUT2D eigenvalue weighted by Crippen LogP contribution is 2.43. The molecule has 1 aliphatic heterocycles. The molecular weight excluding hydrogens is 391 g/mol. The Morgan fingerprint density at radius 2 is 1.72 bits per heavy atom. The fourth-order valence-electron chi connectivity index (χ4n) is 3.81. The van der Waals surface area contributed by atoms with Gasteiger partial charge in [0.1, 0.15) is 0 Å². The molecule has 1 aliphatic rings. The summed E-state index contributed by atoms with van der Waals surface area (Å²) < 4.78 is 40.2. The van der Waals surface area contributed by atoms with E-state index in [0.29, 0.717) is 12.2 Å². The molecule has 0 fully saturated rings. The Hall–Kier alpha value is -2.40. The van der Waals surface area contributed by atoms with E-state index < -0.39 is 11.7 Å². The minimum absolute atomic E-state index is 0.0780. The number of rotatable bonds is 4. The van der Waals surface area contributed by atoms with Gasteiger partial charge in [0.2, 0.25) is 0 Å². The molecule has 0 spiro atoms. The summed E-state index contributed by atoms with van der Waals surface area (Å²) in [5.41, 5.74) is 2.05. The molecule has 150 valence electrons. The van der Waals surface area contributed by atoms with Crippen LogP contribution in [0.25, 0.3) is 10.8 Å². The first kappa shape index (κ1) is 19.9. The number of halogens is 3. The Bertz CT molecular complexity index is 1070. The number of hydrogen-bond donors (Lipinski definition) is 0. The largest absolute Gasteiger partial charge is 0.416 e. The highest BCUT2D eigenvalue weighted by Gasteiger charge is 2.33. The maximum absolute atomic E-state index is 13.4. The highest BCUT2D eigenvalue weighted by molar-refractivity contribution is 8.03. The van der Waals surface area contributed by atoms with Gasteiger partial charge in [0.05, 0.1) is 10.6 Å². The SMILES string of the molecule is CCSC1=CC(C)c2ccc(C(F)(F)F)cc2N1Cc1ccc2ccccc2c1. The summed E-state index contributed by atoms with van der Waals surface area (Å²) >= 11 is 1.67. The Labute approximate surface area is 173 Å². The van der Waals surface area contributed by atoms with Gasteiger partial charge in [-0.2, -0.15) is 13.2 Å². The van der Waals surface area contributed by atoms with Gasteiger partial charge in [-0.1, -0.05) is 56.3 Å². The first-order valence-corrected chi connectivity index (χ1v) is 10.7. The highest BCUT2D eigenvalue weighted by atomic mass is 32.2. The van der Waals surface area contributed by atoms with E-state index in [0.717, 1.165) is 32.7 Å². The number of allylic oxidation sites excluding steroid dienone is 1. The van der Waals surface area contributed by atoms with E-state index in [1.807, 2.05) is 24.0 Å². The third-order valence-corrected chi connectivity index (χ3v) is 6.19. The minimum atomic E-state index is -4.36. The molecule has 0 bridgehead atoms. The number of thioether (sulfide) groups is 1. The van der Waals surface area contributed by atoms with Gasteiger partial charge in [0.25, 0.3) is 0 Å². The van der Waals surface area contributed by atoms with E-state index in [4.69, 9.17) is 0 Å². The Morgan fingerprint density at radius 1 is 0.966 bits per heavy atom. The molecule has 0 saturated carbocycles. The molecule has 1 atom stereocenters. The van der Waals surface area contributed by atoms with Crippen LogP contribution < -0.4 is 4.90 Å². The van der Waals surface area contributed by atoms with E-state index in [9.17, 15) is 13.2 Å². The predicted molar refractivity (Wildman–Crippen MR) is 116 cm³/mol. The number of fused-ring (bicyclic) bond motifs is 2. The van der Waals surface area contributed by atoms with Crippen LogP contribution >= 0.6 is 11.8 Å². The van der Waals surface area contributed by atoms with Crippen molar-refractivity contribution in [1.29, 1.82) is 0 Å². The molecule has 1 nitrogen and oxygen atoms in total. The van der Waals surface area contributed by atoms with E-state index >= 15 is 0 Å². The molecule has 0 aromatic heterocycles. The van der Waals surface area contributed by atoms with Crippen molar-refractivity contribution in [2.75, 3.05) is 10.7 Å². The lowest BCUT2D eigenvalue weighted by Gasteiger charge is -2.35. The monoisotopic (exact) mass is 413 g/mol. The number of nitrogens with zero attached hydrogens (tertiary/aromatic N) is 1. The molecule has 1 heterocycles. The zero-order valence-corrected chi connectivity index (χ0v) is 17.1. The molecule has 4 rings (SSSR count). The zero-order valence-electron chi connectivity index (χ0n) is 16.3. The Morgan fingerprint density at radius 3 is 2.45 bits per heavy atom. The van der Waals surface area contributed by atoms with E-state index in [1.54, 1.807) is 17.8 Å². The van der Waals surface area contributed by atoms with Crippen LogP contribution in [0.3, 0.4) is 0 Å². The van der Waals surface area contributed by atoms with Crippen molar-refractivity contribution < 1.29 is 13.2 Å². The average Bonchev–Trinajstić information content (AvgIpc) is 2.70. The van der Waals surface area contributed by atoms with Gasteiger partial charge >= 0.3 is 6.18 Å². The second-order valence-electron chi connectivity index (χ2n) is 7.27. The summed E-state index contributed by atoms with van der Waals surface area (Å²) in [6, 6.07) is 18.5. The molecule has 5 heteroatoms. The number of anilines is 1. The first-order valence-electron chi connectivity index (χ1n) is 9.68. The minimum Gasteiger partial charge on any atom is -0.332 e. The normalized spacial score (nSPS) is 16.7. The van der Waals surface area contributed by atoms with Crippen LogP contribution in [0.1, 0.15) is 36.5 Å². The molecule has 29 heavy (non-hydrogen) atoms. The fourth-order valence-corrected chi connectivity index (χ4v) is 4.72. The molecule has 0 amide bonds. The second-order valence-corrected chi connectivity index (χ2v) is 8.55. The third kappa shape index (κ3) is 4.01. The van der Waals surface area contributed by atoms with Gasteiger partial charge in [0, 0.05) is 18.2 Å². The van der Waals surface area contributed by atoms with E-state index in [1.165, 1.54) is 12.1 Å². The predicted octanol–water partition coefficient (Wildman–Crippen LogP) is 7.58. The number of hydrogen-bond acceptors (Lipinski definition) is 2. The maximum Gasteiger partial charge on any atom is 0.416 e. The maximum atomic E-state index is 13.4. The summed E-state index contributed by atoms with van der Waals surface area (Å²) in [6.07, 6.45) is -2.20. The van der Waals surface area contributed by atoms with Crippen LogP contribution in [0.5, 0.6) is 0 Å². The van der Waals surface area contributed by atoms with Gasteiger partial charge in [-0.25, -0.2) is 0 Å². The summed E-state index contributed by atoms with van der Waals surface area (Å²) in [5, 5.41) is 3.30. The van der Waals surface area contributed by atoms with Gasteiger partial charge in [0.15, 0.2) is 0 Å². The quantitative estimate of drug-likeness (QED) is 0.434. The van der Waals surface area contributed by atoms with Crippen LogP contribution in [0.4, 0.5) is 18.9 Å². The van der Waals surface area contributed by atoms with Gasteiger partial charge in [-0.05, 0) is 51.9 Å². The van der Waals surface area contributed by atoms with Gasteiger partial charge < -0.3 is 4.90 Å². The van der Waals surface area contributed by atoms with Gasteiger partial charge in [-0.3, -0.25) is 0 Å². The Balaban J connectivity index is 1.78. The van der Waals surface area contributed by atoms with Crippen LogP contribution in [-0.4, -0.2) is 5.75 Å². The van der Waals surface area contributed by atoms with Crippen LogP contribution in [0.15, 0.2) is 71.8 Å². The van der Waals surface area contributed by atoms with Crippen molar-refractivity contribution >= 4 is 28.2 Å². The average molecular weight is 414 g/mol. The standard InChI is InChI=1S/C24H22F3NS/c1-3-29-23-12-16(2)21-11-10-20(24(25,26)27)14-22(21)28(23)15-17-8-9-18-6-4-5-7-19(18)13-17/h4-14,16H,3,15H2,1-2H3. The first-order chi connectivity index (χ1) is 13.9. The molecule has 0 radical (unpaired) electrons. The lowest BCUT2D eigenvalue weighted by Crippen LogP contribution is -2.26. The molecule has 0 N–H and O–H groups in total. The van der Waals surface area contributed by atoms with Gasteiger partial charge in [-0.15, -0.1) is 11.8 Å². The topological polar surface area (TPSA) is 3.24 Å². The lowest BCUT2D eigenvalue weighted by atomic mass is 9.93. The molecule has 3 aromatic carbocycles. The summed E-state index contributed by atoms with van der Waals surface area (Å²) in [7, 11) is 0. The van der Waals surface area contributed by atoms with Crippen molar-refractivity contribution in [3.63, 3.8) is 0 Å². The van der Waals surface area contributed by atoms with E-state index in [2.05, 4.69) is 43.3 Å². The Kier molecular flexibility index (Phi) is 5.34. The summed E-state index contributed by atoms with van der Waals surface area (Å²) in [5.74, 6) is 0.940. The van der Waals surface area contributed by atoms with E-state index in [-0.39, 0.29) is 5.92 Å². The van der Waals surface area contributed by atoms with Crippen molar-refractivity contribution in [1.82, 2.24) is 0 Å². The second kappa shape index (κ2) is 7.79. The van der Waals surface area contributed by atoms with Crippen LogP contribution in [0.2, 0.25) is 0 Å². The molecule has 0 saturated heterocycles. The number of alkyl halides is 3. The number of benzene rings is 3. The van der Waals surface area contributed by atoms with Crippen molar-refractivity contribution in [2.24, 2.45) is 0 Å². The third-order valence-electron chi connectivity index (χ3n) is 5.24. The zero-order chi connectivity index (χ0) is 20.6. The van der Waals surface area contributed by atoms with Crippen LogP contribution in [-0.2, 0) is 12.7 Å². The van der Waals surface area contributed by atoms with Crippen molar-refractivity contribution in [2.45, 2.75) is 32.5 Å². The van der Waals surface area contributed by atoms with Crippen molar-refractivity contribution in [3.8, 4) is 0 Å². The van der Waals surface area contributed by atoms with Crippen molar-refractivity contribution in [3.05, 3.63) is 88.5 Å². The smallest absolute Gasteiger partial charge is 0.332 e. The lowest BCUT2D eigenvalue weighted by molar-refractivity contribution is -0.137. The summed E-state index contributed by atoms with van der Waals surface area (Å²) in [6.45, 7) is 4.63.